The SMILES string of the molecule is CCCNC(CN1CCCC1)c1cccc(C(F)(F)F)c1. The van der Waals surface area contributed by atoms with Gasteiger partial charge in [-0.2, -0.15) is 13.2 Å². The first-order valence-electron chi connectivity index (χ1n) is 7.63. The van der Waals surface area contributed by atoms with E-state index < -0.39 is 11.7 Å². The molecule has 1 aliphatic heterocycles. The van der Waals surface area contributed by atoms with Crippen LogP contribution in [0.5, 0.6) is 0 Å². The Hall–Kier alpha value is -1.07. The molecule has 1 fully saturated rings. The predicted molar refractivity (Wildman–Crippen MR) is 78.2 cm³/mol. The lowest BCUT2D eigenvalue weighted by Gasteiger charge is -2.25. The van der Waals surface area contributed by atoms with Crippen molar-refractivity contribution in [2.75, 3.05) is 26.2 Å². The van der Waals surface area contributed by atoms with Gasteiger partial charge in [0.05, 0.1) is 5.56 Å². The van der Waals surface area contributed by atoms with Crippen molar-refractivity contribution in [3.05, 3.63) is 35.4 Å². The summed E-state index contributed by atoms with van der Waals surface area (Å²) in [6.45, 7) is 5.74. The van der Waals surface area contributed by atoms with Crippen LogP contribution in [0.15, 0.2) is 24.3 Å². The van der Waals surface area contributed by atoms with E-state index in [-0.39, 0.29) is 6.04 Å². The maximum atomic E-state index is 12.9. The quantitative estimate of drug-likeness (QED) is 0.858. The van der Waals surface area contributed by atoms with Gasteiger partial charge < -0.3 is 10.2 Å². The molecule has 1 aliphatic rings. The highest BCUT2D eigenvalue weighted by molar-refractivity contribution is 5.28. The molecule has 0 radical (unpaired) electrons. The molecule has 1 N–H and O–H groups in total. The summed E-state index contributed by atoms with van der Waals surface area (Å²) in [6, 6.07) is 5.67. The van der Waals surface area contributed by atoms with Gasteiger partial charge in [0.25, 0.3) is 0 Å². The fourth-order valence-electron chi connectivity index (χ4n) is 2.76. The second-order valence-corrected chi connectivity index (χ2v) is 5.64. The summed E-state index contributed by atoms with van der Waals surface area (Å²) < 4.78 is 38.6. The van der Waals surface area contributed by atoms with Crippen molar-refractivity contribution in [1.29, 1.82) is 0 Å². The number of alkyl halides is 3. The third-order valence-electron chi connectivity index (χ3n) is 3.90. The fourth-order valence-corrected chi connectivity index (χ4v) is 2.76. The number of hydrogen-bond donors (Lipinski definition) is 1. The molecule has 1 atom stereocenters. The molecular weight excluding hydrogens is 277 g/mol. The van der Waals surface area contributed by atoms with Crippen LogP contribution in [0.25, 0.3) is 0 Å². The van der Waals surface area contributed by atoms with Gasteiger partial charge in [-0.3, -0.25) is 0 Å². The molecule has 0 aromatic heterocycles. The molecule has 1 aromatic rings. The highest BCUT2D eigenvalue weighted by Crippen LogP contribution is 2.31. The summed E-state index contributed by atoms with van der Waals surface area (Å²) in [5, 5.41) is 3.38. The minimum Gasteiger partial charge on any atom is -0.309 e. The van der Waals surface area contributed by atoms with Crippen LogP contribution in [0.2, 0.25) is 0 Å². The lowest BCUT2D eigenvalue weighted by molar-refractivity contribution is -0.137. The Bertz CT molecular complexity index is 439. The number of nitrogens with zero attached hydrogens (tertiary/aromatic N) is 1. The summed E-state index contributed by atoms with van der Waals surface area (Å²) in [5.74, 6) is 0. The predicted octanol–water partition coefficient (Wildman–Crippen LogP) is 3.84. The summed E-state index contributed by atoms with van der Waals surface area (Å²) in [5.41, 5.74) is 0.162. The van der Waals surface area contributed by atoms with Crippen LogP contribution in [-0.4, -0.2) is 31.1 Å². The largest absolute Gasteiger partial charge is 0.416 e. The van der Waals surface area contributed by atoms with E-state index in [4.69, 9.17) is 0 Å². The molecule has 5 heteroatoms. The van der Waals surface area contributed by atoms with Crippen molar-refractivity contribution in [1.82, 2.24) is 10.2 Å². The van der Waals surface area contributed by atoms with Gasteiger partial charge in [0.2, 0.25) is 0 Å². The van der Waals surface area contributed by atoms with Gasteiger partial charge in [0, 0.05) is 12.6 Å². The van der Waals surface area contributed by atoms with E-state index >= 15 is 0 Å². The highest BCUT2D eigenvalue weighted by atomic mass is 19.4. The van der Waals surface area contributed by atoms with Gasteiger partial charge in [0.15, 0.2) is 0 Å². The molecule has 1 heterocycles. The number of likely N-dealkylation sites (tertiary alicyclic amines) is 1. The molecule has 0 aliphatic carbocycles. The van der Waals surface area contributed by atoms with Gasteiger partial charge >= 0.3 is 6.18 Å². The summed E-state index contributed by atoms with van der Waals surface area (Å²) in [4.78, 5) is 2.33. The van der Waals surface area contributed by atoms with E-state index in [2.05, 4.69) is 17.1 Å². The molecule has 1 unspecified atom stereocenters. The molecule has 2 nitrogen and oxygen atoms in total. The lowest BCUT2D eigenvalue weighted by atomic mass is 10.0. The zero-order valence-electron chi connectivity index (χ0n) is 12.4. The Morgan fingerprint density at radius 2 is 1.95 bits per heavy atom. The van der Waals surface area contributed by atoms with Crippen LogP contribution in [0.3, 0.4) is 0 Å². The Morgan fingerprint density at radius 3 is 2.57 bits per heavy atom. The van der Waals surface area contributed by atoms with Crippen LogP contribution < -0.4 is 5.32 Å². The number of benzene rings is 1. The molecule has 21 heavy (non-hydrogen) atoms. The van der Waals surface area contributed by atoms with Crippen molar-refractivity contribution in [2.24, 2.45) is 0 Å². The normalized spacial score (nSPS) is 18.1. The Labute approximate surface area is 124 Å². The maximum absolute atomic E-state index is 12.9. The van der Waals surface area contributed by atoms with Crippen molar-refractivity contribution in [3.63, 3.8) is 0 Å². The van der Waals surface area contributed by atoms with Crippen LogP contribution in [-0.2, 0) is 6.18 Å². The molecule has 0 bridgehead atoms. The van der Waals surface area contributed by atoms with Gasteiger partial charge in [-0.05, 0) is 56.6 Å². The minimum absolute atomic E-state index is 0.0367. The van der Waals surface area contributed by atoms with Gasteiger partial charge in [-0.25, -0.2) is 0 Å². The number of nitrogens with one attached hydrogen (secondary N) is 1. The average molecular weight is 300 g/mol. The number of halogens is 3. The first-order valence-corrected chi connectivity index (χ1v) is 7.63. The third kappa shape index (κ3) is 4.71. The molecule has 0 saturated carbocycles. The summed E-state index contributed by atoms with van der Waals surface area (Å²) >= 11 is 0. The monoisotopic (exact) mass is 300 g/mol. The highest BCUT2D eigenvalue weighted by Gasteiger charge is 2.31. The van der Waals surface area contributed by atoms with E-state index in [9.17, 15) is 13.2 Å². The van der Waals surface area contributed by atoms with Crippen molar-refractivity contribution >= 4 is 0 Å². The average Bonchev–Trinajstić information content (AvgIpc) is 2.95. The Morgan fingerprint density at radius 1 is 1.24 bits per heavy atom. The maximum Gasteiger partial charge on any atom is 0.416 e. The van der Waals surface area contributed by atoms with E-state index in [1.54, 1.807) is 6.07 Å². The van der Waals surface area contributed by atoms with Crippen molar-refractivity contribution < 1.29 is 13.2 Å². The Balaban J connectivity index is 2.14. The van der Waals surface area contributed by atoms with E-state index in [1.807, 2.05) is 0 Å². The van der Waals surface area contributed by atoms with Crippen LogP contribution in [0, 0.1) is 0 Å². The second kappa shape index (κ2) is 7.27. The van der Waals surface area contributed by atoms with Gasteiger partial charge in [-0.1, -0.05) is 19.1 Å². The molecule has 2 rings (SSSR count). The zero-order chi connectivity index (χ0) is 15.3. The minimum atomic E-state index is -4.28. The molecule has 0 amide bonds. The molecule has 1 saturated heterocycles. The van der Waals surface area contributed by atoms with E-state index in [0.29, 0.717) is 0 Å². The van der Waals surface area contributed by atoms with Gasteiger partial charge in [-0.15, -0.1) is 0 Å². The molecule has 0 spiro atoms. The van der Waals surface area contributed by atoms with Crippen molar-refractivity contribution in [2.45, 2.75) is 38.4 Å². The fraction of sp³-hybridized carbons (Fsp3) is 0.625. The third-order valence-corrected chi connectivity index (χ3v) is 3.90. The Kier molecular flexibility index (Phi) is 5.65. The van der Waals surface area contributed by atoms with Gasteiger partial charge in [0.1, 0.15) is 0 Å². The standard InChI is InChI=1S/C16H23F3N2/c1-2-8-20-15(12-21-9-3-4-10-21)13-6-5-7-14(11-13)16(17,18)19/h5-7,11,15,20H,2-4,8-10,12H2,1H3. The number of rotatable bonds is 6. The smallest absolute Gasteiger partial charge is 0.309 e. The summed E-state index contributed by atoms with van der Waals surface area (Å²) in [7, 11) is 0. The molecule has 1 aromatic carbocycles. The molecular formula is C16H23F3N2. The van der Waals surface area contributed by atoms with E-state index in [1.165, 1.54) is 25.0 Å². The topological polar surface area (TPSA) is 15.3 Å². The lowest BCUT2D eigenvalue weighted by Crippen LogP contribution is -2.34. The first kappa shape index (κ1) is 16.3. The van der Waals surface area contributed by atoms with Crippen LogP contribution in [0.4, 0.5) is 13.2 Å². The molecule has 118 valence electrons. The summed E-state index contributed by atoms with van der Waals surface area (Å²) in [6.07, 6.45) is -0.944. The first-order chi connectivity index (χ1) is 10.0. The second-order valence-electron chi connectivity index (χ2n) is 5.64. The van der Waals surface area contributed by atoms with Crippen molar-refractivity contribution in [3.8, 4) is 0 Å². The number of hydrogen-bond acceptors (Lipinski definition) is 2. The van der Waals surface area contributed by atoms with Crippen LogP contribution >= 0.6 is 0 Å². The van der Waals surface area contributed by atoms with E-state index in [0.717, 1.165) is 44.2 Å². The zero-order valence-corrected chi connectivity index (χ0v) is 12.4. The van der Waals surface area contributed by atoms with Crippen LogP contribution in [0.1, 0.15) is 43.4 Å².